The van der Waals surface area contributed by atoms with Gasteiger partial charge >= 0.3 is 0 Å². The molecule has 1 aliphatic heterocycles. The van der Waals surface area contributed by atoms with Gasteiger partial charge in [-0.15, -0.1) is 0 Å². The van der Waals surface area contributed by atoms with Gasteiger partial charge in [-0.25, -0.2) is 5.84 Å². The number of amides is 3. The number of phenols is 1. The number of hydrazine groups is 1. The highest BCUT2D eigenvalue weighted by Crippen LogP contribution is 2.22. The number of carbonyl (C=O) groups is 4. The lowest BCUT2D eigenvalue weighted by Crippen LogP contribution is -2.57. The van der Waals surface area contributed by atoms with E-state index < -0.39 is 29.8 Å². The Balaban J connectivity index is 1.54. The number of hydrogen-bond acceptors (Lipinski definition) is 6. The molecule has 9 nitrogen and oxygen atoms in total. The Morgan fingerprint density at radius 1 is 1.05 bits per heavy atom. The van der Waals surface area contributed by atoms with Gasteiger partial charge in [-0.2, -0.15) is 0 Å². The fraction of sp³-hybridized carbons (Fsp3) is 0.290. The second-order valence-electron chi connectivity index (χ2n) is 10.2. The highest BCUT2D eigenvalue weighted by Gasteiger charge is 2.37. The van der Waals surface area contributed by atoms with Crippen molar-refractivity contribution in [2.75, 3.05) is 13.1 Å². The number of Topliss-reactive ketones (excluding diaryl/α,β-unsaturated/α-hetero) is 1. The van der Waals surface area contributed by atoms with Crippen LogP contribution < -0.4 is 11.2 Å². The molecule has 214 valence electrons. The van der Waals surface area contributed by atoms with Gasteiger partial charge in [0, 0.05) is 28.6 Å². The van der Waals surface area contributed by atoms with Crippen LogP contribution in [0.1, 0.15) is 51.1 Å². The number of aryl methyl sites for hydroxylation is 1. The predicted molar refractivity (Wildman–Crippen MR) is 158 cm³/mol. The Morgan fingerprint density at radius 3 is 2.49 bits per heavy atom. The maximum Gasteiger partial charge on any atom is 0.268 e. The van der Waals surface area contributed by atoms with Crippen molar-refractivity contribution in [2.24, 2.45) is 5.84 Å². The minimum atomic E-state index is -0.970. The molecule has 0 radical (unpaired) electrons. The molecule has 3 aromatic rings. The van der Waals surface area contributed by atoms with Gasteiger partial charge in [0.2, 0.25) is 5.91 Å². The Hall–Kier alpha value is -4.02. The summed E-state index contributed by atoms with van der Waals surface area (Å²) in [5, 5.41) is 13.4. The van der Waals surface area contributed by atoms with Gasteiger partial charge < -0.3 is 15.3 Å². The zero-order chi connectivity index (χ0) is 29.5. The van der Waals surface area contributed by atoms with Gasteiger partial charge in [-0.3, -0.25) is 24.2 Å². The minimum absolute atomic E-state index is 0.0862. The maximum absolute atomic E-state index is 14.0. The van der Waals surface area contributed by atoms with E-state index in [0.717, 1.165) is 27.0 Å². The minimum Gasteiger partial charge on any atom is -0.508 e. The number of nitrogens with two attached hydrogens (primary N) is 1. The van der Waals surface area contributed by atoms with E-state index in [1.165, 1.54) is 17.0 Å². The Bertz CT molecular complexity index is 1430. The lowest BCUT2D eigenvalue weighted by Gasteiger charge is -2.37. The fourth-order valence-corrected chi connectivity index (χ4v) is 5.38. The number of benzene rings is 3. The van der Waals surface area contributed by atoms with Crippen molar-refractivity contribution in [1.82, 2.24) is 15.2 Å². The fourth-order valence-electron chi connectivity index (χ4n) is 4.98. The molecular formula is C31H33BrN4O5. The normalized spacial score (nSPS) is 15.6. The molecule has 4 N–H and O–H groups in total. The van der Waals surface area contributed by atoms with Crippen LogP contribution in [0, 0.1) is 6.92 Å². The Morgan fingerprint density at radius 2 is 1.78 bits per heavy atom. The van der Waals surface area contributed by atoms with Crippen LogP contribution >= 0.6 is 15.9 Å². The molecule has 1 saturated heterocycles. The van der Waals surface area contributed by atoms with Crippen LogP contribution in [0.25, 0.3) is 0 Å². The number of halogens is 1. The second kappa shape index (κ2) is 13.6. The molecule has 41 heavy (non-hydrogen) atoms. The maximum atomic E-state index is 14.0. The molecule has 1 fully saturated rings. The summed E-state index contributed by atoms with van der Waals surface area (Å²) in [6.45, 7) is 1.78. The molecule has 0 spiro atoms. The van der Waals surface area contributed by atoms with Crippen LogP contribution in [0.2, 0.25) is 0 Å². The average molecular weight is 622 g/mol. The summed E-state index contributed by atoms with van der Waals surface area (Å²) >= 11 is 3.37. The Kier molecular flexibility index (Phi) is 9.91. The van der Waals surface area contributed by atoms with Crippen molar-refractivity contribution >= 4 is 39.4 Å². The quantitative estimate of drug-likeness (QED) is 0.189. The Labute approximate surface area is 247 Å². The molecule has 4 rings (SSSR count). The molecular weight excluding hydrogens is 588 g/mol. The number of likely N-dealkylation sites (tertiary alicyclic amines) is 1. The van der Waals surface area contributed by atoms with E-state index in [0.29, 0.717) is 30.5 Å². The standard InChI is InChI=1S/C31H33BrN4O5/c1-20-7-2-3-10-25(20)30(40)36(33)19-28(38)27-11-4-5-16-35(27)31(41)26(17-21-12-14-24(37)15-13-21)34-29(39)22-8-6-9-23(32)18-22/h2-3,6-10,12-15,18,26-27,37H,4-5,11,16-17,19,33H2,1H3,(H,34,39)/t26-,27?/m0/s1. The SMILES string of the molecule is Cc1ccccc1C(=O)N(N)CC(=O)C1CCCCN1C(=O)[C@H](Cc1ccc(O)cc1)NC(=O)c1cccc(Br)c1. The third kappa shape index (κ3) is 7.59. The van der Waals surface area contributed by atoms with Crippen molar-refractivity contribution in [3.05, 3.63) is 99.5 Å². The van der Waals surface area contributed by atoms with Crippen LogP contribution in [0.5, 0.6) is 5.75 Å². The zero-order valence-corrected chi connectivity index (χ0v) is 24.3. The van der Waals surface area contributed by atoms with E-state index >= 15 is 0 Å². The summed E-state index contributed by atoms with van der Waals surface area (Å²) in [6, 6.07) is 18.5. The van der Waals surface area contributed by atoms with E-state index in [2.05, 4.69) is 21.2 Å². The molecule has 0 aliphatic carbocycles. The topological polar surface area (TPSA) is 133 Å². The summed E-state index contributed by atoms with van der Waals surface area (Å²) in [7, 11) is 0. The molecule has 10 heteroatoms. The lowest BCUT2D eigenvalue weighted by atomic mass is 9.95. The number of phenolic OH excluding ortho intramolecular Hbond substituents is 1. The average Bonchev–Trinajstić information content (AvgIpc) is 2.97. The van der Waals surface area contributed by atoms with Crippen LogP contribution in [-0.2, 0) is 16.0 Å². The first-order chi connectivity index (χ1) is 19.6. The van der Waals surface area contributed by atoms with Crippen LogP contribution in [0.15, 0.2) is 77.3 Å². The second-order valence-corrected chi connectivity index (χ2v) is 11.1. The smallest absolute Gasteiger partial charge is 0.268 e. The summed E-state index contributed by atoms with van der Waals surface area (Å²) < 4.78 is 0.722. The molecule has 1 heterocycles. The van der Waals surface area contributed by atoms with Gasteiger partial charge in [-0.1, -0.05) is 52.3 Å². The summed E-state index contributed by atoms with van der Waals surface area (Å²) in [4.78, 5) is 55.0. The molecule has 0 bridgehead atoms. The molecule has 1 unspecified atom stereocenters. The van der Waals surface area contributed by atoms with Crippen molar-refractivity contribution in [3.8, 4) is 5.75 Å². The van der Waals surface area contributed by atoms with Crippen molar-refractivity contribution in [3.63, 3.8) is 0 Å². The van der Waals surface area contributed by atoms with Crippen molar-refractivity contribution in [2.45, 2.75) is 44.7 Å². The van der Waals surface area contributed by atoms with Gasteiger partial charge in [0.05, 0.1) is 12.6 Å². The van der Waals surface area contributed by atoms with E-state index in [9.17, 15) is 24.3 Å². The summed E-state index contributed by atoms with van der Waals surface area (Å²) in [5.74, 6) is 4.48. The predicted octanol–water partition coefficient (Wildman–Crippen LogP) is 3.77. The third-order valence-corrected chi connectivity index (χ3v) is 7.68. The number of carbonyl (C=O) groups excluding carboxylic acids is 4. The molecule has 1 aliphatic rings. The number of hydrogen-bond donors (Lipinski definition) is 3. The van der Waals surface area contributed by atoms with Crippen molar-refractivity contribution < 1.29 is 24.3 Å². The molecule has 0 aromatic heterocycles. The van der Waals surface area contributed by atoms with E-state index in [1.54, 1.807) is 61.5 Å². The molecule has 2 atom stereocenters. The largest absolute Gasteiger partial charge is 0.508 e. The first-order valence-electron chi connectivity index (χ1n) is 13.4. The first kappa shape index (κ1) is 30.0. The summed E-state index contributed by atoms with van der Waals surface area (Å²) in [5.41, 5.74) is 2.26. The van der Waals surface area contributed by atoms with Gasteiger partial charge in [-0.05, 0) is 73.7 Å². The number of ketones is 1. The lowest BCUT2D eigenvalue weighted by molar-refractivity contribution is -0.143. The van der Waals surface area contributed by atoms with Gasteiger partial charge in [0.15, 0.2) is 5.78 Å². The van der Waals surface area contributed by atoms with Gasteiger partial charge in [0.25, 0.3) is 11.8 Å². The molecule has 3 aromatic carbocycles. The third-order valence-electron chi connectivity index (χ3n) is 7.19. The number of aromatic hydroxyl groups is 1. The van der Waals surface area contributed by atoms with E-state index in [1.807, 2.05) is 6.07 Å². The van der Waals surface area contributed by atoms with E-state index in [4.69, 9.17) is 5.84 Å². The highest BCUT2D eigenvalue weighted by molar-refractivity contribution is 9.10. The first-order valence-corrected chi connectivity index (χ1v) is 14.2. The highest BCUT2D eigenvalue weighted by atomic mass is 79.9. The molecule has 3 amide bonds. The zero-order valence-electron chi connectivity index (χ0n) is 22.8. The number of nitrogens with one attached hydrogen (secondary N) is 1. The van der Waals surface area contributed by atoms with Crippen LogP contribution in [-0.4, -0.2) is 63.7 Å². The number of piperidine rings is 1. The molecule has 0 saturated carbocycles. The number of nitrogens with zero attached hydrogens (tertiary/aromatic N) is 2. The van der Waals surface area contributed by atoms with Crippen molar-refractivity contribution in [1.29, 1.82) is 0 Å². The van der Waals surface area contributed by atoms with E-state index in [-0.39, 0.29) is 24.5 Å². The monoisotopic (exact) mass is 620 g/mol. The summed E-state index contributed by atoms with van der Waals surface area (Å²) in [6.07, 6.45) is 2.03. The van der Waals surface area contributed by atoms with Crippen LogP contribution in [0.4, 0.5) is 0 Å². The van der Waals surface area contributed by atoms with Crippen LogP contribution in [0.3, 0.4) is 0 Å². The van der Waals surface area contributed by atoms with Gasteiger partial charge in [0.1, 0.15) is 11.8 Å². The number of rotatable bonds is 9.